The molecule has 1 aromatic rings. The van der Waals surface area contributed by atoms with Gasteiger partial charge < -0.3 is 5.32 Å². The van der Waals surface area contributed by atoms with Gasteiger partial charge in [0.2, 0.25) is 0 Å². The summed E-state index contributed by atoms with van der Waals surface area (Å²) in [5.74, 6) is 0. The molecule has 106 valence electrons. The molecule has 1 nitrogen and oxygen atoms in total. The molecule has 0 amide bonds. The highest BCUT2D eigenvalue weighted by molar-refractivity contribution is 5.34. The standard InChI is InChI=1S/C17H26FN/c1-13-7-6-8-14(2)16(13)12-17(3,18)11-15-9-4-5-10-19-15/h6-8,15,19H,4-5,9-12H2,1-3H3. The van der Waals surface area contributed by atoms with Gasteiger partial charge in [-0.2, -0.15) is 0 Å². The highest BCUT2D eigenvalue weighted by Crippen LogP contribution is 2.28. The first-order valence-corrected chi connectivity index (χ1v) is 7.45. The Kier molecular flexibility index (Phi) is 4.62. The molecule has 0 aromatic heterocycles. The van der Waals surface area contributed by atoms with E-state index >= 15 is 0 Å². The largest absolute Gasteiger partial charge is 0.314 e. The molecule has 2 unspecified atom stereocenters. The molecule has 1 aliphatic heterocycles. The zero-order valence-electron chi connectivity index (χ0n) is 12.4. The number of halogens is 1. The molecule has 19 heavy (non-hydrogen) atoms. The van der Waals surface area contributed by atoms with Crippen LogP contribution in [0.25, 0.3) is 0 Å². The number of alkyl halides is 1. The molecule has 1 fully saturated rings. The van der Waals surface area contributed by atoms with Crippen LogP contribution in [-0.2, 0) is 6.42 Å². The SMILES string of the molecule is Cc1cccc(C)c1CC(C)(F)CC1CCCCN1. The van der Waals surface area contributed by atoms with Gasteiger partial charge in [0.05, 0.1) is 0 Å². The summed E-state index contributed by atoms with van der Waals surface area (Å²) < 4.78 is 14.9. The number of aryl methyl sites for hydroxylation is 2. The maximum Gasteiger partial charge on any atom is 0.113 e. The highest BCUT2D eigenvalue weighted by atomic mass is 19.1. The van der Waals surface area contributed by atoms with Crippen molar-refractivity contribution >= 4 is 0 Å². The molecule has 1 N–H and O–H groups in total. The maximum atomic E-state index is 14.9. The Bertz CT molecular complexity index is 399. The smallest absolute Gasteiger partial charge is 0.113 e. The quantitative estimate of drug-likeness (QED) is 0.862. The highest BCUT2D eigenvalue weighted by Gasteiger charge is 2.29. The molecule has 2 heteroatoms. The summed E-state index contributed by atoms with van der Waals surface area (Å²) in [6, 6.07) is 6.56. The third-order valence-corrected chi connectivity index (χ3v) is 4.27. The zero-order valence-corrected chi connectivity index (χ0v) is 12.4. The normalized spacial score (nSPS) is 23.1. The Morgan fingerprint density at radius 1 is 1.26 bits per heavy atom. The van der Waals surface area contributed by atoms with Crippen molar-refractivity contribution in [2.24, 2.45) is 0 Å². The molecule has 2 rings (SSSR count). The molecule has 1 aliphatic rings. The predicted molar refractivity (Wildman–Crippen MR) is 79.4 cm³/mol. The fourth-order valence-corrected chi connectivity index (χ4v) is 3.18. The van der Waals surface area contributed by atoms with E-state index < -0.39 is 5.67 Å². The van der Waals surface area contributed by atoms with Crippen molar-refractivity contribution in [3.63, 3.8) is 0 Å². The Hall–Kier alpha value is -0.890. The number of benzene rings is 1. The zero-order chi connectivity index (χ0) is 13.9. The summed E-state index contributed by atoms with van der Waals surface area (Å²) in [4.78, 5) is 0. The van der Waals surface area contributed by atoms with Crippen LogP contribution in [0.3, 0.4) is 0 Å². The summed E-state index contributed by atoms with van der Waals surface area (Å²) >= 11 is 0. The number of hydrogen-bond acceptors (Lipinski definition) is 1. The number of hydrogen-bond donors (Lipinski definition) is 1. The van der Waals surface area contributed by atoms with Crippen molar-refractivity contribution < 1.29 is 4.39 Å². The third kappa shape index (κ3) is 4.04. The van der Waals surface area contributed by atoms with Crippen LogP contribution >= 0.6 is 0 Å². The van der Waals surface area contributed by atoms with Gasteiger partial charge in [0.15, 0.2) is 0 Å². The summed E-state index contributed by atoms with van der Waals surface area (Å²) in [5, 5.41) is 3.45. The van der Waals surface area contributed by atoms with Gasteiger partial charge in [-0.15, -0.1) is 0 Å². The maximum absolute atomic E-state index is 14.9. The van der Waals surface area contributed by atoms with E-state index in [0.717, 1.165) is 13.0 Å². The summed E-state index contributed by atoms with van der Waals surface area (Å²) in [7, 11) is 0. The van der Waals surface area contributed by atoms with E-state index in [1.807, 2.05) is 6.07 Å². The number of rotatable bonds is 4. The van der Waals surface area contributed by atoms with Crippen LogP contribution in [0.1, 0.15) is 49.3 Å². The lowest BCUT2D eigenvalue weighted by Crippen LogP contribution is -2.40. The van der Waals surface area contributed by atoms with Crippen LogP contribution in [0, 0.1) is 13.8 Å². The first-order chi connectivity index (χ1) is 8.98. The number of piperidine rings is 1. The molecular formula is C17H26FN. The summed E-state index contributed by atoms with van der Waals surface area (Å²) in [6.45, 7) is 6.97. The van der Waals surface area contributed by atoms with Crippen LogP contribution in [-0.4, -0.2) is 18.3 Å². The van der Waals surface area contributed by atoms with E-state index in [9.17, 15) is 4.39 Å². The van der Waals surface area contributed by atoms with E-state index in [2.05, 4.69) is 31.3 Å². The first kappa shape index (κ1) is 14.5. The van der Waals surface area contributed by atoms with Gasteiger partial charge in [0.25, 0.3) is 0 Å². The fraction of sp³-hybridized carbons (Fsp3) is 0.647. The van der Waals surface area contributed by atoms with Crippen LogP contribution in [0.2, 0.25) is 0 Å². The molecular weight excluding hydrogens is 237 g/mol. The van der Waals surface area contributed by atoms with Crippen LogP contribution in [0.4, 0.5) is 4.39 Å². The monoisotopic (exact) mass is 263 g/mol. The lowest BCUT2D eigenvalue weighted by Gasteiger charge is -2.30. The van der Waals surface area contributed by atoms with Gasteiger partial charge >= 0.3 is 0 Å². The predicted octanol–water partition coefficient (Wildman–Crippen LogP) is 4.11. The minimum Gasteiger partial charge on any atom is -0.314 e. The van der Waals surface area contributed by atoms with E-state index in [1.165, 1.54) is 29.5 Å². The molecule has 0 spiro atoms. The average Bonchev–Trinajstić information content (AvgIpc) is 2.35. The minimum atomic E-state index is -1.12. The number of nitrogens with one attached hydrogen (secondary N) is 1. The fourth-order valence-electron chi connectivity index (χ4n) is 3.18. The topological polar surface area (TPSA) is 12.0 Å². The molecule has 2 atom stereocenters. The lowest BCUT2D eigenvalue weighted by molar-refractivity contribution is 0.145. The van der Waals surface area contributed by atoms with Crippen LogP contribution in [0.5, 0.6) is 0 Å². The average molecular weight is 263 g/mol. The molecule has 0 saturated carbocycles. The Labute approximate surface area is 116 Å². The van der Waals surface area contributed by atoms with E-state index in [4.69, 9.17) is 0 Å². The van der Waals surface area contributed by atoms with E-state index in [0.29, 0.717) is 18.9 Å². The minimum absolute atomic E-state index is 0.355. The second-order valence-corrected chi connectivity index (χ2v) is 6.31. The third-order valence-electron chi connectivity index (χ3n) is 4.27. The lowest BCUT2D eigenvalue weighted by atomic mass is 9.86. The summed E-state index contributed by atoms with van der Waals surface area (Å²) in [6.07, 6.45) is 4.74. The van der Waals surface area contributed by atoms with Crippen LogP contribution in [0.15, 0.2) is 18.2 Å². The van der Waals surface area contributed by atoms with Crippen molar-refractivity contribution in [3.05, 3.63) is 34.9 Å². The molecule has 1 heterocycles. The summed E-state index contributed by atoms with van der Waals surface area (Å²) in [5.41, 5.74) is 2.48. The van der Waals surface area contributed by atoms with Gasteiger partial charge in [-0.05, 0) is 63.3 Å². The van der Waals surface area contributed by atoms with Gasteiger partial charge in [-0.1, -0.05) is 24.6 Å². The molecule has 0 radical (unpaired) electrons. The van der Waals surface area contributed by atoms with E-state index in [1.54, 1.807) is 6.92 Å². The van der Waals surface area contributed by atoms with Gasteiger partial charge in [-0.25, -0.2) is 4.39 Å². The van der Waals surface area contributed by atoms with E-state index in [-0.39, 0.29) is 0 Å². The van der Waals surface area contributed by atoms with Gasteiger partial charge in [0.1, 0.15) is 5.67 Å². The molecule has 0 aliphatic carbocycles. The van der Waals surface area contributed by atoms with Crippen molar-refractivity contribution in [3.8, 4) is 0 Å². The van der Waals surface area contributed by atoms with Crippen molar-refractivity contribution in [1.82, 2.24) is 5.32 Å². The van der Waals surface area contributed by atoms with Crippen LogP contribution < -0.4 is 5.32 Å². The molecule has 1 saturated heterocycles. The molecule has 0 bridgehead atoms. The van der Waals surface area contributed by atoms with Crippen molar-refractivity contribution in [2.45, 2.75) is 64.6 Å². The molecule has 1 aromatic carbocycles. The Balaban J connectivity index is 2.03. The second kappa shape index (κ2) is 6.04. The second-order valence-electron chi connectivity index (χ2n) is 6.31. The van der Waals surface area contributed by atoms with Crippen molar-refractivity contribution in [1.29, 1.82) is 0 Å². The van der Waals surface area contributed by atoms with Gasteiger partial charge in [-0.3, -0.25) is 0 Å². The first-order valence-electron chi connectivity index (χ1n) is 7.45. The Morgan fingerprint density at radius 2 is 1.95 bits per heavy atom. The Morgan fingerprint density at radius 3 is 2.53 bits per heavy atom. The van der Waals surface area contributed by atoms with Gasteiger partial charge in [0, 0.05) is 12.5 Å². The van der Waals surface area contributed by atoms with Crippen molar-refractivity contribution in [2.75, 3.05) is 6.54 Å².